The van der Waals surface area contributed by atoms with Crippen LogP contribution in [0, 0.1) is 5.92 Å². The van der Waals surface area contributed by atoms with Crippen molar-refractivity contribution in [3.63, 3.8) is 0 Å². The summed E-state index contributed by atoms with van der Waals surface area (Å²) in [5.41, 5.74) is 2.08. The Bertz CT molecular complexity index is 918. The number of hydrogen-bond donors (Lipinski definition) is 1. The molecule has 3 aromatic rings. The van der Waals surface area contributed by atoms with E-state index >= 15 is 0 Å². The maximum atomic E-state index is 12.6. The zero-order valence-corrected chi connectivity index (χ0v) is 14.3. The van der Waals surface area contributed by atoms with E-state index in [1.807, 2.05) is 24.3 Å². The van der Waals surface area contributed by atoms with Crippen LogP contribution in [-0.4, -0.2) is 17.5 Å². The number of hydrogen-bond acceptors (Lipinski definition) is 4. The van der Waals surface area contributed by atoms with Gasteiger partial charge in [0.05, 0.1) is 17.9 Å². The normalized spacial score (nSPS) is 13.8. The Labute approximate surface area is 149 Å². The molecule has 2 aromatic heterocycles. The number of furan rings is 1. The molecule has 1 amide bonds. The van der Waals surface area contributed by atoms with Crippen molar-refractivity contribution in [2.24, 2.45) is 5.92 Å². The SMILES string of the molecule is O=C(NCc1ccc2occc2c1)c1c(Cl)ccnc1OCC1CC1. The minimum Gasteiger partial charge on any atom is -0.477 e. The highest BCUT2D eigenvalue weighted by Crippen LogP contribution is 2.31. The molecule has 2 heterocycles. The van der Waals surface area contributed by atoms with Gasteiger partial charge in [-0.2, -0.15) is 0 Å². The number of carbonyl (C=O) groups is 1. The second kappa shape index (κ2) is 6.76. The molecule has 0 saturated heterocycles. The fourth-order valence-electron chi connectivity index (χ4n) is 2.61. The molecule has 1 aromatic carbocycles. The number of aromatic nitrogens is 1. The van der Waals surface area contributed by atoms with Gasteiger partial charge in [0, 0.05) is 18.1 Å². The van der Waals surface area contributed by atoms with Crippen LogP contribution in [0.3, 0.4) is 0 Å². The first-order chi connectivity index (χ1) is 12.2. The number of carbonyl (C=O) groups excluding carboxylic acids is 1. The molecule has 1 fully saturated rings. The van der Waals surface area contributed by atoms with Gasteiger partial charge < -0.3 is 14.5 Å². The number of benzene rings is 1. The van der Waals surface area contributed by atoms with E-state index in [2.05, 4.69) is 10.3 Å². The fraction of sp³-hybridized carbons (Fsp3) is 0.263. The third-order valence-electron chi connectivity index (χ3n) is 4.21. The first kappa shape index (κ1) is 16.0. The molecule has 1 aliphatic carbocycles. The average Bonchev–Trinajstić information content (AvgIpc) is 3.33. The van der Waals surface area contributed by atoms with Crippen LogP contribution in [0.25, 0.3) is 11.0 Å². The van der Waals surface area contributed by atoms with Gasteiger partial charge in [-0.1, -0.05) is 17.7 Å². The number of amides is 1. The van der Waals surface area contributed by atoms with Gasteiger partial charge in [-0.25, -0.2) is 4.98 Å². The maximum absolute atomic E-state index is 12.6. The van der Waals surface area contributed by atoms with Crippen molar-refractivity contribution in [2.75, 3.05) is 6.61 Å². The summed E-state index contributed by atoms with van der Waals surface area (Å²) in [5.74, 6) is 0.566. The maximum Gasteiger partial charge on any atom is 0.258 e. The van der Waals surface area contributed by atoms with Gasteiger partial charge in [0.1, 0.15) is 11.1 Å². The minimum absolute atomic E-state index is 0.286. The highest BCUT2D eigenvalue weighted by Gasteiger charge is 2.24. The van der Waals surface area contributed by atoms with Gasteiger partial charge in [0.15, 0.2) is 0 Å². The monoisotopic (exact) mass is 356 g/mol. The van der Waals surface area contributed by atoms with Gasteiger partial charge in [-0.05, 0) is 48.6 Å². The summed E-state index contributed by atoms with van der Waals surface area (Å²) >= 11 is 6.21. The van der Waals surface area contributed by atoms with E-state index in [0.717, 1.165) is 16.5 Å². The predicted molar refractivity (Wildman–Crippen MR) is 94.9 cm³/mol. The minimum atomic E-state index is -0.295. The first-order valence-electron chi connectivity index (χ1n) is 8.22. The van der Waals surface area contributed by atoms with E-state index in [1.54, 1.807) is 18.5 Å². The van der Waals surface area contributed by atoms with Crippen molar-refractivity contribution in [1.82, 2.24) is 10.3 Å². The lowest BCUT2D eigenvalue weighted by Gasteiger charge is -2.12. The lowest BCUT2D eigenvalue weighted by atomic mass is 10.1. The summed E-state index contributed by atoms with van der Waals surface area (Å²) in [6, 6.07) is 9.27. The highest BCUT2D eigenvalue weighted by atomic mass is 35.5. The Morgan fingerprint density at radius 2 is 2.20 bits per heavy atom. The molecule has 6 heteroatoms. The van der Waals surface area contributed by atoms with Crippen molar-refractivity contribution >= 4 is 28.5 Å². The molecule has 0 radical (unpaired) electrons. The standard InChI is InChI=1S/C19H17ClN2O3/c20-15-5-7-21-19(25-11-12-1-2-12)17(15)18(23)22-10-13-3-4-16-14(9-13)6-8-24-16/h3-9,12H,1-2,10-11H2,(H,22,23). The zero-order chi connectivity index (χ0) is 17.2. The Morgan fingerprint density at radius 3 is 3.04 bits per heavy atom. The van der Waals surface area contributed by atoms with Crippen molar-refractivity contribution in [3.05, 3.63) is 58.9 Å². The highest BCUT2D eigenvalue weighted by molar-refractivity contribution is 6.34. The Morgan fingerprint density at radius 1 is 1.32 bits per heavy atom. The number of rotatable bonds is 6. The van der Waals surface area contributed by atoms with Crippen LogP contribution < -0.4 is 10.1 Å². The van der Waals surface area contributed by atoms with E-state index < -0.39 is 0 Å². The van der Waals surface area contributed by atoms with E-state index in [-0.39, 0.29) is 11.5 Å². The van der Waals surface area contributed by atoms with Gasteiger partial charge in [0.2, 0.25) is 5.88 Å². The first-order valence-corrected chi connectivity index (χ1v) is 8.60. The summed E-state index contributed by atoms with van der Waals surface area (Å²) in [6.07, 6.45) is 5.53. The van der Waals surface area contributed by atoms with Gasteiger partial charge in [-0.15, -0.1) is 0 Å². The summed E-state index contributed by atoms with van der Waals surface area (Å²) in [6.45, 7) is 0.956. The van der Waals surface area contributed by atoms with E-state index in [1.165, 1.54) is 12.8 Å². The van der Waals surface area contributed by atoms with Gasteiger partial charge >= 0.3 is 0 Å². The summed E-state index contributed by atoms with van der Waals surface area (Å²) in [4.78, 5) is 16.8. The number of fused-ring (bicyclic) bond motifs is 1. The largest absolute Gasteiger partial charge is 0.477 e. The number of halogens is 1. The Balaban J connectivity index is 1.47. The van der Waals surface area contributed by atoms with Crippen LogP contribution in [-0.2, 0) is 6.54 Å². The quantitative estimate of drug-likeness (QED) is 0.719. The predicted octanol–water partition coefficient (Wildman–Crippen LogP) is 4.20. The molecule has 1 aliphatic rings. The summed E-state index contributed by atoms with van der Waals surface area (Å²) in [7, 11) is 0. The number of nitrogens with zero attached hydrogens (tertiary/aromatic N) is 1. The van der Waals surface area contributed by atoms with Crippen LogP contribution in [0.5, 0.6) is 5.88 Å². The van der Waals surface area contributed by atoms with Crippen molar-refractivity contribution in [2.45, 2.75) is 19.4 Å². The third-order valence-corrected chi connectivity index (χ3v) is 4.53. The number of nitrogens with one attached hydrogen (secondary N) is 1. The molecular formula is C19H17ClN2O3. The van der Waals surface area contributed by atoms with Crippen LogP contribution >= 0.6 is 11.6 Å². The lowest BCUT2D eigenvalue weighted by Crippen LogP contribution is -2.24. The average molecular weight is 357 g/mol. The van der Waals surface area contributed by atoms with Crippen LogP contribution in [0.15, 0.2) is 47.2 Å². The molecule has 0 aliphatic heterocycles. The molecule has 0 atom stereocenters. The topological polar surface area (TPSA) is 64.4 Å². The van der Waals surface area contributed by atoms with Gasteiger partial charge in [-0.3, -0.25) is 4.79 Å². The van der Waals surface area contributed by atoms with E-state index in [9.17, 15) is 4.79 Å². The molecule has 0 bridgehead atoms. The number of pyridine rings is 1. The smallest absolute Gasteiger partial charge is 0.258 e. The number of ether oxygens (including phenoxy) is 1. The molecule has 1 N–H and O–H groups in total. The zero-order valence-electron chi connectivity index (χ0n) is 13.5. The second-order valence-corrected chi connectivity index (χ2v) is 6.61. The van der Waals surface area contributed by atoms with Gasteiger partial charge in [0.25, 0.3) is 5.91 Å². The molecule has 128 valence electrons. The molecule has 0 unspecified atom stereocenters. The lowest BCUT2D eigenvalue weighted by molar-refractivity contribution is 0.0945. The van der Waals surface area contributed by atoms with E-state index in [0.29, 0.717) is 30.0 Å². The molecular weight excluding hydrogens is 340 g/mol. The van der Waals surface area contributed by atoms with E-state index in [4.69, 9.17) is 20.8 Å². The van der Waals surface area contributed by atoms with Crippen LogP contribution in [0.2, 0.25) is 5.02 Å². The Kier molecular flexibility index (Phi) is 4.32. The van der Waals surface area contributed by atoms with Crippen molar-refractivity contribution in [1.29, 1.82) is 0 Å². The molecule has 25 heavy (non-hydrogen) atoms. The summed E-state index contributed by atoms with van der Waals surface area (Å²) in [5, 5.41) is 4.22. The van der Waals surface area contributed by atoms with Crippen molar-refractivity contribution < 1.29 is 13.9 Å². The molecule has 5 nitrogen and oxygen atoms in total. The molecule has 1 saturated carbocycles. The molecule has 0 spiro atoms. The third kappa shape index (κ3) is 3.61. The Hall–Kier alpha value is -2.53. The second-order valence-electron chi connectivity index (χ2n) is 6.20. The van der Waals surface area contributed by atoms with Crippen LogP contribution in [0.4, 0.5) is 0 Å². The van der Waals surface area contributed by atoms with Crippen molar-refractivity contribution in [3.8, 4) is 5.88 Å². The fourth-order valence-corrected chi connectivity index (χ4v) is 2.84. The summed E-state index contributed by atoms with van der Waals surface area (Å²) < 4.78 is 11.0. The van der Waals surface area contributed by atoms with Crippen LogP contribution in [0.1, 0.15) is 28.8 Å². The molecule has 4 rings (SSSR count).